The Kier molecular flexibility index (Phi) is 6.99. The number of hydrogen-bond donors (Lipinski definition) is 1. The Bertz CT molecular complexity index is 509. The molecular formula is C18H31N5O. The summed E-state index contributed by atoms with van der Waals surface area (Å²) in [5.41, 5.74) is 2.06. The number of carbonyl (C=O) groups is 1. The Morgan fingerprint density at radius 3 is 2.54 bits per heavy atom. The molecule has 0 bridgehead atoms. The fourth-order valence-electron chi connectivity index (χ4n) is 2.83. The fraction of sp³-hybridized carbons (Fsp3) is 0.667. The fourth-order valence-corrected chi connectivity index (χ4v) is 2.83. The van der Waals surface area contributed by atoms with Gasteiger partial charge in [-0.05, 0) is 39.1 Å². The van der Waals surface area contributed by atoms with Crippen molar-refractivity contribution in [1.29, 1.82) is 0 Å². The van der Waals surface area contributed by atoms with Crippen LogP contribution in [0.5, 0.6) is 0 Å². The number of nitrogens with zero attached hydrogens (tertiary/aromatic N) is 4. The third kappa shape index (κ3) is 5.46. The Labute approximate surface area is 145 Å². The van der Waals surface area contributed by atoms with Gasteiger partial charge in [-0.15, -0.1) is 0 Å². The van der Waals surface area contributed by atoms with Crippen molar-refractivity contribution in [2.24, 2.45) is 0 Å². The molecular weight excluding hydrogens is 302 g/mol. The van der Waals surface area contributed by atoms with E-state index in [-0.39, 0.29) is 12.1 Å². The van der Waals surface area contributed by atoms with E-state index in [1.54, 1.807) is 0 Å². The molecule has 0 radical (unpaired) electrons. The van der Waals surface area contributed by atoms with E-state index in [2.05, 4.69) is 41.1 Å². The smallest absolute Gasteiger partial charge is 0.318 e. The number of pyridine rings is 1. The van der Waals surface area contributed by atoms with Crippen LogP contribution in [-0.4, -0.2) is 79.1 Å². The summed E-state index contributed by atoms with van der Waals surface area (Å²) in [6, 6.07) is 4.05. The van der Waals surface area contributed by atoms with Gasteiger partial charge in [0, 0.05) is 45.5 Å². The Hall–Kier alpha value is -1.66. The van der Waals surface area contributed by atoms with Crippen molar-refractivity contribution in [2.45, 2.75) is 26.3 Å². The molecule has 0 spiro atoms. The largest absolute Gasteiger partial charge is 0.330 e. The highest BCUT2D eigenvalue weighted by molar-refractivity contribution is 5.74. The molecule has 1 atom stereocenters. The second-order valence-corrected chi connectivity index (χ2v) is 6.80. The number of nitrogens with one attached hydrogen (secondary N) is 1. The zero-order chi connectivity index (χ0) is 17.5. The van der Waals surface area contributed by atoms with E-state index in [0.717, 1.165) is 56.9 Å². The molecule has 1 aromatic rings. The molecule has 1 saturated heterocycles. The predicted octanol–water partition coefficient (Wildman–Crippen LogP) is 1.73. The van der Waals surface area contributed by atoms with Gasteiger partial charge < -0.3 is 15.1 Å². The lowest BCUT2D eigenvalue weighted by atomic mass is 10.1. The highest BCUT2D eigenvalue weighted by Gasteiger charge is 2.23. The second-order valence-electron chi connectivity index (χ2n) is 6.80. The number of rotatable bonds is 6. The van der Waals surface area contributed by atoms with Crippen LogP contribution in [0.2, 0.25) is 0 Å². The number of likely N-dealkylation sites (N-methyl/N-ethyl adjacent to an activating group) is 1. The molecule has 0 aliphatic carbocycles. The summed E-state index contributed by atoms with van der Waals surface area (Å²) in [7, 11) is 4.18. The van der Waals surface area contributed by atoms with Gasteiger partial charge in [0.1, 0.15) is 0 Å². The summed E-state index contributed by atoms with van der Waals surface area (Å²) in [6.45, 7) is 9.68. The van der Waals surface area contributed by atoms with Crippen LogP contribution in [0.1, 0.15) is 30.6 Å². The molecule has 24 heavy (non-hydrogen) atoms. The minimum absolute atomic E-state index is 0.0233. The SMILES string of the molecule is CC[C@@H](NC(=O)N1CCN(CCN(C)C)CC1)c1ccc(C)cn1. The van der Waals surface area contributed by atoms with Gasteiger partial charge in [-0.1, -0.05) is 13.0 Å². The topological polar surface area (TPSA) is 51.7 Å². The molecule has 0 aromatic carbocycles. The summed E-state index contributed by atoms with van der Waals surface area (Å²) < 4.78 is 0. The van der Waals surface area contributed by atoms with Crippen LogP contribution in [0.3, 0.4) is 0 Å². The molecule has 6 heteroatoms. The average Bonchev–Trinajstić information content (AvgIpc) is 2.59. The molecule has 0 saturated carbocycles. The third-order valence-electron chi connectivity index (χ3n) is 4.52. The number of aryl methyl sites for hydroxylation is 1. The van der Waals surface area contributed by atoms with Crippen molar-refractivity contribution in [1.82, 2.24) is 25.0 Å². The van der Waals surface area contributed by atoms with Crippen LogP contribution in [0.4, 0.5) is 4.79 Å². The monoisotopic (exact) mass is 333 g/mol. The van der Waals surface area contributed by atoms with Crippen LogP contribution in [-0.2, 0) is 0 Å². The second kappa shape index (κ2) is 8.99. The van der Waals surface area contributed by atoms with Crippen LogP contribution < -0.4 is 5.32 Å². The molecule has 2 rings (SSSR count). The maximum atomic E-state index is 12.5. The predicted molar refractivity (Wildman–Crippen MR) is 97.1 cm³/mol. The molecule has 134 valence electrons. The van der Waals surface area contributed by atoms with E-state index >= 15 is 0 Å². The van der Waals surface area contributed by atoms with E-state index < -0.39 is 0 Å². The zero-order valence-electron chi connectivity index (χ0n) is 15.5. The lowest BCUT2D eigenvalue weighted by Crippen LogP contribution is -2.53. The summed E-state index contributed by atoms with van der Waals surface area (Å²) in [6.07, 6.45) is 2.69. The highest BCUT2D eigenvalue weighted by Crippen LogP contribution is 2.15. The number of hydrogen-bond acceptors (Lipinski definition) is 4. The summed E-state index contributed by atoms with van der Waals surface area (Å²) in [4.78, 5) is 23.5. The van der Waals surface area contributed by atoms with E-state index in [4.69, 9.17) is 0 Å². The normalized spacial score (nSPS) is 17.1. The lowest BCUT2D eigenvalue weighted by Gasteiger charge is -2.35. The first kappa shape index (κ1) is 18.7. The molecule has 2 heterocycles. The van der Waals surface area contributed by atoms with Gasteiger partial charge in [-0.25, -0.2) is 4.79 Å². The van der Waals surface area contributed by atoms with Gasteiger partial charge in [0.2, 0.25) is 0 Å². The van der Waals surface area contributed by atoms with Gasteiger partial charge >= 0.3 is 6.03 Å². The van der Waals surface area contributed by atoms with Crippen LogP contribution >= 0.6 is 0 Å². The highest BCUT2D eigenvalue weighted by atomic mass is 16.2. The first-order valence-electron chi connectivity index (χ1n) is 8.84. The van der Waals surface area contributed by atoms with Crippen molar-refractivity contribution < 1.29 is 4.79 Å². The number of carbonyl (C=O) groups excluding carboxylic acids is 1. The summed E-state index contributed by atoms with van der Waals surface area (Å²) >= 11 is 0. The third-order valence-corrected chi connectivity index (χ3v) is 4.52. The molecule has 0 unspecified atom stereocenters. The molecule has 1 fully saturated rings. The van der Waals surface area contributed by atoms with Crippen molar-refractivity contribution in [3.63, 3.8) is 0 Å². The Morgan fingerprint density at radius 1 is 1.29 bits per heavy atom. The molecule has 1 aliphatic heterocycles. The van der Waals surface area contributed by atoms with Gasteiger partial charge in [0.15, 0.2) is 0 Å². The number of amides is 2. The molecule has 2 amide bonds. The molecule has 1 aliphatic rings. The van der Waals surface area contributed by atoms with Crippen LogP contribution in [0.25, 0.3) is 0 Å². The van der Waals surface area contributed by atoms with E-state index in [1.807, 2.05) is 30.2 Å². The zero-order valence-corrected chi connectivity index (χ0v) is 15.5. The first-order chi connectivity index (χ1) is 11.5. The maximum absolute atomic E-state index is 12.5. The molecule has 6 nitrogen and oxygen atoms in total. The van der Waals surface area contributed by atoms with Crippen molar-refractivity contribution in [2.75, 3.05) is 53.4 Å². The quantitative estimate of drug-likeness (QED) is 0.861. The number of urea groups is 1. The van der Waals surface area contributed by atoms with Gasteiger partial charge in [-0.3, -0.25) is 9.88 Å². The molecule has 1 N–H and O–H groups in total. The van der Waals surface area contributed by atoms with E-state index in [1.165, 1.54) is 0 Å². The van der Waals surface area contributed by atoms with Gasteiger partial charge in [0.05, 0.1) is 11.7 Å². The standard InChI is InChI=1S/C18H31N5O/c1-5-16(17-7-6-15(2)14-19-17)20-18(24)23-12-10-22(11-13-23)9-8-21(3)4/h6-7,14,16H,5,8-13H2,1-4H3,(H,20,24)/t16-/m1/s1. The maximum Gasteiger partial charge on any atom is 0.318 e. The number of aromatic nitrogens is 1. The lowest BCUT2D eigenvalue weighted by molar-refractivity contribution is 0.131. The Balaban J connectivity index is 1.82. The van der Waals surface area contributed by atoms with E-state index in [9.17, 15) is 4.79 Å². The Morgan fingerprint density at radius 2 is 2.00 bits per heavy atom. The van der Waals surface area contributed by atoms with Crippen molar-refractivity contribution >= 4 is 6.03 Å². The van der Waals surface area contributed by atoms with Crippen LogP contribution in [0.15, 0.2) is 18.3 Å². The first-order valence-corrected chi connectivity index (χ1v) is 8.84. The number of piperazine rings is 1. The van der Waals surface area contributed by atoms with Gasteiger partial charge in [0.25, 0.3) is 0 Å². The van der Waals surface area contributed by atoms with Crippen molar-refractivity contribution in [3.8, 4) is 0 Å². The van der Waals surface area contributed by atoms with Gasteiger partial charge in [-0.2, -0.15) is 0 Å². The summed E-state index contributed by atoms with van der Waals surface area (Å²) in [5.74, 6) is 0. The molecule has 1 aromatic heterocycles. The van der Waals surface area contributed by atoms with Crippen molar-refractivity contribution in [3.05, 3.63) is 29.6 Å². The minimum atomic E-state index is -0.0233. The average molecular weight is 333 g/mol. The minimum Gasteiger partial charge on any atom is -0.330 e. The summed E-state index contributed by atoms with van der Waals surface area (Å²) in [5, 5.41) is 3.13. The van der Waals surface area contributed by atoms with E-state index in [0.29, 0.717) is 0 Å². The van der Waals surface area contributed by atoms with Crippen LogP contribution in [0, 0.1) is 6.92 Å².